The molecule has 1 saturated heterocycles. The number of anilines is 2. The molecule has 0 saturated carbocycles. The van der Waals surface area contributed by atoms with Gasteiger partial charge in [-0.15, -0.1) is 0 Å². The Morgan fingerprint density at radius 1 is 1.19 bits per heavy atom. The second-order valence-electron chi connectivity index (χ2n) is 7.22. The number of hydrogen-bond acceptors (Lipinski definition) is 3. The van der Waals surface area contributed by atoms with Crippen LogP contribution in [-0.2, 0) is 16.0 Å². The van der Waals surface area contributed by atoms with E-state index in [9.17, 15) is 9.59 Å². The van der Waals surface area contributed by atoms with Gasteiger partial charge in [0.1, 0.15) is 5.92 Å². The third-order valence-corrected chi connectivity index (χ3v) is 5.67. The summed E-state index contributed by atoms with van der Waals surface area (Å²) in [6.45, 7) is 0.523. The van der Waals surface area contributed by atoms with Gasteiger partial charge >= 0.3 is 0 Å². The number of halogens is 1. The minimum absolute atomic E-state index is 0.0603. The first-order chi connectivity index (χ1) is 13.0. The molecule has 1 heterocycles. The van der Waals surface area contributed by atoms with E-state index in [1.807, 2.05) is 30.3 Å². The van der Waals surface area contributed by atoms with Gasteiger partial charge in [-0.1, -0.05) is 23.7 Å². The summed E-state index contributed by atoms with van der Waals surface area (Å²) >= 11 is 6.03. The molecule has 0 radical (unpaired) electrons. The van der Waals surface area contributed by atoms with Crippen molar-refractivity contribution in [2.75, 3.05) is 17.2 Å². The number of hydrogen-bond donors (Lipinski definition) is 2. The summed E-state index contributed by atoms with van der Waals surface area (Å²) < 4.78 is 0. The molecule has 1 aliphatic heterocycles. The largest absolute Gasteiger partial charge is 0.399 e. The summed E-state index contributed by atoms with van der Waals surface area (Å²) in [6.07, 6.45) is 3.35. The van der Waals surface area contributed by atoms with Crippen LogP contribution in [0.15, 0.2) is 42.5 Å². The van der Waals surface area contributed by atoms with Gasteiger partial charge in [0.25, 0.3) is 0 Å². The molecule has 1 fully saturated rings. The fraction of sp³-hybridized carbons (Fsp3) is 0.333. The molecule has 3 N–H and O–H groups in total. The SMILES string of the molecule is Nc1ccc2c(c1)CCCC2NC(=O)C1CCN(c2cccc(Cl)c2)C1=O. The Bertz CT molecular complexity index is 899. The first kappa shape index (κ1) is 17.9. The number of rotatable bonds is 3. The molecule has 2 amide bonds. The average Bonchev–Trinajstić information content (AvgIpc) is 3.03. The van der Waals surface area contributed by atoms with Crippen molar-refractivity contribution in [1.82, 2.24) is 5.32 Å². The summed E-state index contributed by atoms with van der Waals surface area (Å²) in [7, 11) is 0. The van der Waals surface area contributed by atoms with Gasteiger partial charge in [0, 0.05) is 22.9 Å². The highest BCUT2D eigenvalue weighted by atomic mass is 35.5. The Balaban J connectivity index is 1.48. The van der Waals surface area contributed by atoms with E-state index >= 15 is 0 Å². The molecule has 0 spiro atoms. The monoisotopic (exact) mass is 383 g/mol. The molecule has 1 aliphatic carbocycles. The van der Waals surface area contributed by atoms with Gasteiger partial charge in [-0.25, -0.2) is 0 Å². The maximum atomic E-state index is 12.8. The molecule has 5 nitrogen and oxygen atoms in total. The highest BCUT2D eigenvalue weighted by Gasteiger charge is 2.38. The smallest absolute Gasteiger partial charge is 0.239 e. The predicted molar refractivity (Wildman–Crippen MR) is 107 cm³/mol. The lowest BCUT2D eigenvalue weighted by Crippen LogP contribution is -2.39. The van der Waals surface area contributed by atoms with Crippen molar-refractivity contribution < 1.29 is 9.59 Å². The minimum atomic E-state index is -0.650. The molecule has 6 heteroatoms. The number of nitrogens with zero attached hydrogens (tertiary/aromatic N) is 1. The van der Waals surface area contributed by atoms with Crippen LogP contribution in [0, 0.1) is 5.92 Å². The summed E-state index contributed by atoms with van der Waals surface area (Å²) in [5.74, 6) is -1.01. The molecule has 2 unspecified atom stereocenters. The lowest BCUT2D eigenvalue weighted by atomic mass is 9.87. The van der Waals surface area contributed by atoms with Gasteiger partial charge < -0.3 is 16.0 Å². The summed E-state index contributed by atoms with van der Waals surface area (Å²) in [4.78, 5) is 27.3. The molecule has 2 aromatic carbocycles. The van der Waals surface area contributed by atoms with Gasteiger partial charge in [0.05, 0.1) is 6.04 Å². The van der Waals surface area contributed by atoms with Gasteiger partial charge in [0.2, 0.25) is 11.8 Å². The molecule has 0 bridgehead atoms. The zero-order chi connectivity index (χ0) is 19.0. The molecule has 140 valence electrons. The van der Waals surface area contributed by atoms with E-state index in [0.717, 1.165) is 36.2 Å². The van der Waals surface area contributed by atoms with E-state index in [1.54, 1.807) is 17.0 Å². The molecule has 4 rings (SSSR count). The summed E-state index contributed by atoms with van der Waals surface area (Å²) in [5, 5.41) is 3.67. The number of carbonyl (C=O) groups excluding carboxylic acids is 2. The van der Waals surface area contributed by atoms with Crippen LogP contribution in [0.2, 0.25) is 5.02 Å². The van der Waals surface area contributed by atoms with Crippen molar-refractivity contribution in [2.24, 2.45) is 5.92 Å². The van der Waals surface area contributed by atoms with Crippen LogP contribution in [0.5, 0.6) is 0 Å². The average molecular weight is 384 g/mol. The number of aryl methyl sites for hydroxylation is 1. The molecule has 0 aromatic heterocycles. The molecule has 27 heavy (non-hydrogen) atoms. The van der Waals surface area contributed by atoms with Crippen molar-refractivity contribution in [1.29, 1.82) is 0 Å². The molecular formula is C21H22ClN3O2. The Hall–Kier alpha value is -2.53. The van der Waals surface area contributed by atoms with E-state index in [1.165, 1.54) is 5.56 Å². The van der Waals surface area contributed by atoms with Crippen LogP contribution in [0.1, 0.15) is 36.4 Å². The van der Waals surface area contributed by atoms with Crippen LogP contribution >= 0.6 is 11.6 Å². The molecule has 2 aromatic rings. The Kier molecular flexibility index (Phi) is 4.79. The standard InChI is InChI=1S/C21H22ClN3O2/c22-14-4-2-5-16(12-14)25-10-9-18(21(25)27)20(26)24-19-6-1-3-13-11-15(23)7-8-17(13)19/h2,4-5,7-8,11-12,18-19H,1,3,6,9-10,23H2,(H,24,26). The topological polar surface area (TPSA) is 75.4 Å². The number of amides is 2. The predicted octanol–water partition coefficient (Wildman–Crippen LogP) is 3.47. The second-order valence-corrected chi connectivity index (χ2v) is 7.66. The highest BCUT2D eigenvalue weighted by Crippen LogP contribution is 2.32. The van der Waals surface area contributed by atoms with Gasteiger partial charge in [-0.05, 0) is 67.1 Å². The van der Waals surface area contributed by atoms with E-state index < -0.39 is 5.92 Å². The maximum absolute atomic E-state index is 12.8. The first-order valence-corrected chi connectivity index (χ1v) is 9.66. The van der Waals surface area contributed by atoms with E-state index in [4.69, 9.17) is 17.3 Å². The quantitative estimate of drug-likeness (QED) is 0.629. The zero-order valence-corrected chi connectivity index (χ0v) is 15.7. The molecule has 2 atom stereocenters. The van der Waals surface area contributed by atoms with Crippen LogP contribution in [0.4, 0.5) is 11.4 Å². The van der Waals surface area contributed by atoms with Crippen LogP contribution < -0.4 is 16.0 Å². The summed E-state index contributed by atoms with van der Waals surface area (Å²) in [5.41, 5.74) is 9.65. The van der Waals surface area contributed by atoms with Crippen molar-refractivity contribution in [3.63, 3.8) is 0 Å². The number of carbonyl (C=O) groups is 2. The van der Waals surface area contributed by atoms with Crippen molar-refractivity contribution in [3.05, 3.63) is 58.6 Å². The summed E-state index contributed by atoms with van der Waals surface area (Å²) in [6, 6.07) is 12.9. The maximum Gasteiger partial charge on any atom is 0.239 e. The van der Waals surface area contributed by atoms with Gasteiger partial charge in [-0.3, -0.25) is 9.59 Å². The fourth-order valence-electron chi connectivity index (χ4n) is 4.08. The number of nitrogens with one attached hydrogen (secondary N) is 1. The van der Waals surface area contributed by atoms with E-state index in [0.29, 0.717) is 18.0 Å². The van der Waals surface area contributed by atoms with Crippen LogP contribution in [0.3, 0.4) is 0 Å². The van der Waals surface area contributed by atoms with Gasteiger partial charge in [0.15, 0.2) is 0 Å². The van der Waals surface area contributed by atoms with Crippen molar-refractivity contribution in [2.45, 2.75) is 31.7 Å². The minimum Gasteiger partial charge on any atom is -0.399 e. The lowest BCUT2D eigenvalue weighted by molar-refractivity contribution is -0.132. The van der Waals surface area contributed by atoms with Crippen LogP contribution in [-0.4, -0.2) is 18.4 Å². The van der Waals surface area contributed by atoms with Crippen LogP contribution in [0.25, 0.3) is 0 Å². The number of nitrogens with two attached hydrogens (primary N) is 1. The Morgan fingerprint density at radius 2 is 2.04 bits per heavy atom. The lowest BCUT2D eigenvalue weighted by Gasteiger charge is -2.27. The molecular weight excluding hydrogens is 362 g/mol. The Labute approximate surface area is 163 Å². The third-order valence-electron chi connectivity index (χ3n) is 5.44. The fourth-order valence-corrected chi connectivity index (χ4v) is 4.26. The van der Waals surface area contributed by atoms with E-state index in [-0.39, 0.29) is 17.9 Å². The van der Waals surface area contributed by atoms with Crippen molar-refractivity contribution in [3.8, 4) is 0 Å². The highest BCUT2D eigenvalue weighted by molar-refractivity contribution is 6.31. The van der Waals surface area contributed by atoms with Gasteiger partial charge in [-0.2, -0.15) is 0 Å². The first-order valence-electron chi connectivity index (χ1n) is 9.28. The third kappa shape index (κ3) is 3.52. The molecule has 2 aliphatic rings. The zero-order valence-electron chi connectivity index (χ0n) is 15.0. The second kappa shape index (κ2) is 7.24. The number of benzene rings is 2. The van der Waals surface area contributed by atoms with Crippen molar-refractivity contribution >= 4 is 34.8 Å². The normalized spacial score (nSPS) is 21.8. The Morgan fingerprint density at radius 3 is 2.85 bits per heavy atom. The number of fused-ring (bicyclic) bond motifs is 1. The van der Waals surface area contributed by atoms with E-state index in [2.05, 4.69) is 5.32 Å². The number of nitrogen functional groups attached to an aromatic ring is 1.